The minimum atomic E-state index is 0.513. The highest BCUT2D eigenvalue weighted by molar-refractivity contribution is 5.59. The molecular weight excluding hydrogens is 260 g/mol. The van der Waals surface area contributed by atoms with Gasteiger partial charge < -0.3 is 15.4 Å². The fourth-order valence-corrected chi connectivity index (χ4v) is 3.04. The van der Waals surface area contributed by atoms with Crippen LogP contribution >= 0.6 is 0 Å². The van der Waals surface area contributed by atoms with Gasteiger partial charge in [0.25, 0.3) is 0 Å². The molecule has 2 aromatic rings. The molecule has 110 valence electrons. The molecule has 2 aromatic carbocycles. The van der Waals surface area contributed by atoms with Crippen LogP contribution in [-0.2, 0) is 13.0 Å². The van der Waals surface area contributed by atoms with Crippen molar-refractivity contribution in [3.63, 3.8) is 0 Å². The molecule has 0 saturated heterocycles. The van der Waals surface area contributed by atoms with Crippen LogP contribution in [0.25, 0.3) is 0 Å². The summed E-state index contributed by atoms with van der Waals surface area (Å²) in [7, 11) is 0. The highest BCUT2D eigenvalue weighted by Crippen LogP contribution is 2.31. The van der Waals surface area contributed by atoms with E-state index >= 15 is 0 Å². The second kappa shape index (κ2) is 6.19. The van der Waals surface area contributed by atoms with Gasteiger partial charge in [0, 0.05) is 23.8 Å². The van der Waals surface area contributed by atoms with E-state index < -0.39 is 0 Å². The Morgan fingerprint density at radius 2 is 1.90 bits per heavy atom. The summed E-state index contributed by atoms with van der Waals surface area (Å²) < 4.78 is 5.93. The van der Waals surface area contributed by atoms with E-state index in [-0.39, 0.29) is 0 Å². The van der Waals surface area contributed by atoms with Gasteiger partial charge in [0.1, 0.15) is 12.4 Å². The first kappa shape index (κ1) is 14.0. The molecule has 0 saturated carbocycles. The van der Waals surface area contributed by atoms with Crippen LogP contribution in [0.3, 0.4) is 0 Å². The van der Waals surface area contributed by atoms with Crippen LogP contribution in [0.15, 0.2) is 48.5 Å². The van der Waals surface area contributed by atoms with Crippen molar-refractivity contribution >= 4 is 5.69 Å². The van der Waals surface area contributed by atoms with Crippen LogP contribution in [0.5, 0.6) is 5.75 Å². The van der Waals surface area contributed by atoms with E-state index in [1.54, 1.807) is 0 Å². The predicted octanol–water partition coefficient (Wildman–Crippen LogP) is 2.98. The van der Waals surface area contributed by atoms with Crippen molar-refractivity contribution < 1.29 is 4.74 Å². The number of anilines is 1. The third kappa shape index (κ3) is 2.88. The van der Waals surface area contributed by atoms with E-state index in [4.69, 9.17) is 10.5 Å². The van der Waals surface area contributed by atoms with Gasteiger partial charge in [-0.2, -0.15) is 0 Å². The maximum Gasteiger partial charge on any atom is 0.123 e. The Bertz CT molecular complexity index is 612. The minimum absolute atomic E-state index is 0.513. The summed E-state index contributed by atoms with van der Waals surface area (Å²) in [6, 6.07) is 17.2. The monoisotopic (exact) mass is 282 g/mol. The van der Waals surface area contributed by atoms with Crippen LogP contribution in [-0.4, -0.2) is 19.2 Å². The fourth-order valence-electron chi connectivity index (χ4n) is 3.04. The molecule has 1 unspecified atom stereocenters. The zero-order valence-corrected chi connectivity index (χ0v) is 12.5. The van der Waals surface area contributed by atoms with Crippen molar-refractivity contribution in [1.29, 1.82) is 0 Å². The molecule has 0 aliphatic carbocycles. The lowest BCUT2D eigenvalue weighted by atomic mass is 10.1. The first-order valence-corrected chi connectivity index (χ1v) is 7.55. The van der Waals surface area contributed by atoms with Gasteiger partial charge in [-0.25, -0.2) is 0 Å². The standard InChI is InChI=1S/C18H22N2O/c1-14-12-15-6-2-4-8-17(15)20(14)10-11-21-18-9-5-3-7-16(18)13-19/h2-9,14H,10-13,19H2,1H3. The summed E-state index contributed by atoms with van der Waals surface area (Å²) in [6.45, 7) is 4.36. The average Bonchev–Trinajstić information content (AvgIpc) is 2.84. The number of rotatable bonds is 5. The largest absolute Gasteiger partial charge is 0.491 e. The molecule has 0 fully saturated rings. The van der Waals surface area contributed by atoms with E-state index in [1.807, 2.05) is 24.3 Å². The number of benzene rings is 2. The highest BCUT2D eigenvalue weighted by Gasteiger charge is 2.24. The van der Waals surface area contributed by atoms with E-state index in [2.05, 4.69) is 36.1 Å². The first-order chi connectivity index (χ1) is 10.3. The van der Waals surface area contributed by atoms with Gasteiger partial charge in [-0.05, 0) is 31.0 Å². The van der Waals surface area contributed by atoms with Gasteiger partial charge in [-0.1, -0.05) is 36.4 Å². The average molecular weight is 282 g/mol. The van der Waals surface area contributed by atoms with E-state index in [1.165, 1.54) is 11.3 Å². The molecule has 3 rings (SSSR count). The van der Waals surface area contributed by atoms with Crippen LogP contribution in [0, 0.1) is 0 Å². The lowest BCUT2D eigenvalue weighted by Gasteiger charge is -2.25. The molecule has 0 bridgehead atoms. The first-order valence-electron chi connectivity index (χ1n) is 7.55. The van der Waals surface area contributed by atoms with Crippen molar-refractivity contribution in [2.24, 2.45) is 5.73 Å². The van der Waals surface area contributed by atoms with E-state index in [0.717, 1.165) is 24.3 Å². The number of fused-ring (bicyclic) bond motifs is 1. The third-order valence-electron chi connectivity index (χ3n) is 4.13. The molecule has 0 spiro atoms. The molecule has 3 nitrogen and oxygen atoms in total. The Morgan fingerprint density at radius 1 is 1.14 bits per heavy atom. The maximum absolute atomic E-state index is 5.93. The molecule has 21 heavy (non-hydrogen) atoms. The Kier molecular flexibility index (Phi) is 4.11. The van der Waals surface area contributed by atoms with Crippen molar-refractivity contribution in [1.82, 2.24) is 0 Å². The summed E-state index contributed by atoms with van der Waals surface area (Å²) >= 11 is 0. The topological polar surface area (TPSA) is 38.5 Å². The number of hydrogen-bond donors (Lipinski definition) is 1. The molecule has 0 aromatic heterocycles. The number of hydrogen-bond acceptors (Lipinski definition) is 3. The quantitative estimate of drug-likeness (QED) is 0.916. The molecule has 1 aliphatic heterocycles. The Balaban J connectivity index is 1.63. The zero-order chi connectivity index (χ0) is 14.7. The van der Waals surface area contributed by atoms with Crippen molar-refractivity contribution in [3.8, 4) is 5.75 Å². The van der Waals surface area contributed by atoms with Gasteiger partial charge in [-0.15, -0.1) is 0 Å². The summed E-state index contributed by atoms with van der Waals surface area (Å²) in [6.07, 6.45) is 1.12. The van der Waals surface area contributed by atoms with Crippen LogP contribution in [0.4, 0.5) is 5.69 Å². The minimum Gasteiger partial charge on any atom is -0.491 e. The molecule has 0 amide bonds. The number of nitrogens with zero attached hydrogens (tertiary/aromatic N) is 1. The second-order valence-electron chi connectivity index (χ2n) is 5.54. The molecule has 3 heteroatoms. The maximum atomic E-state index is 5.93. The van der Waals surface area contributed by atoms with Crippen LogP contribution in [0.1, 0.15) is 18.1 Å². The molecule has 0 radical (unpaired) electrons. The second-order valence-corrected chi connectivity index (χ2v) is 5.54. The van der Waals surface area contributed by atoms with Crippen LogP contribution in [0.2, 0.25) is 0 Å². The van der Waals surface area contributed by atoms with Crippen molar-refractivity contribution in [2.75, 3.05) is 18.1 Å². The SMILES string of the molecule is CC1Cc2ccccc2N1CCOc1ccccc1CN. The Labute approximate surface area is 126 Å². The number of nitrogens with two attached hydrogens (primary N) is 1. The molecular formula is C18H22N2O. The molecule has 1 atom stereocenters. The Hall–Kier alpha value is -2.00. The lowest BCUT2D eigenvalue weighted by Crippen LogP contribution is -2.33. The normalized spacial score (nSPS) is 16.9. The van der Waals surface area contributed by atoms with Crippen molar-refractivity contribution in [3.05, 3.63) is 59.7 Å². The molecule has 1 heterocycles. The van der Waals surface area contributed by atoms with Gasteiger partial charge >= 0.3 is 0 Å². The summed E-state index contributed by atoms with van der Waals surface area (Å²) in [5.74, 6) is 0.903. The summed E-state index contributed by atoms with van der Waals surface area (Å²) in [5.41, 5.74) is 9.59. The summed E-state index contributed by atoms with van der Waals surface area (Å²) in [4.78, 5) is 2.43. The van der Waals surface area contributed by atoms with E-state index in [9.17, 15) is 0 Å². The number of ether oxygens (including phenoxy) is 1. The van der Waals surface area contributed by atoms with E-state index in [0.29, 0.717) is 19.2 Å². The lowest BCUT2D eigenvalue weighted by molar-refractivity contribution is 0.318. The van der Waals surface area contributed by atoms with Crippen LogP contribution < -0.4 is 15.4 Å². The zero-order valence-electron chi connectivity index (χ0n) is 12.5. The van der Waals surface area contributed by atoms with Gasteiger partial charge in [0.2, 0.25) is 0 Å². The van der Waals surface area contributed by atoms with Gasteiger partial charge in [0.05, 0.1) is 6.54 Å². The molecule has 2 N–H and O–H groups in total. The van der Waals surface area contributed by atoms with Gasteiger partial charge in [-0.3, -0.25) is 0 Å². The smallest absolute Gasteiger partial charge is 0.123 e. The van der Waals surface area contributed by atoms with Crippen molar-refractivity contribution in [2.45, 2.75) is 25.9 Å². The highest BCUT2D eigenvalue weighted by atomic mass is 16.5. The number of para-hydroxylation sites is 2. The summed E-state index contributed by atoms with van der Waals surface area (Å²) in [5, 5.41) is 0. The predicted molar refractivity (Wildman–Crippen MR) is 86.8 cm³/mol. The van der Waals surface area contributed by atoms with Gasteiger partial charge in [0.15, 0.2) is 0 Å². The molecule has 1 aliphatic rings. The fraction of sp³-hybridized carbons (Fsp3) is 0.333. The Morgan fingerprint density at radius 3 is 2.76 bits per heavy atom. The third-order valence-corrected chi connectivity index (χ3v) is 4.13.